The van der Waals surface area contributed by atoms with Gasteiger partial charge in [-0.15, -0.1) is 0 Å². The molecule has 3 aromatic carbocycles. The normalized spacial score (nSPS) is 14.3. The van der Waals surface area contributed by atoms with Gasteiger partial charge in [0.15, 0.2) is 5.11 Å². The molecule has 1 saturated heterocycles. The maximum absolute atomic E-state index is 13.1. The molecule has 12 heteroatoms. The quantitative estimate of drug-likeness (QED) is 0.373. The third-order valence-electron chi connectivity index (χ3n) is 5.85. The van der Waals surface area contributed by atoms with Gasteiger partial charge in [0.2, 0.25) is 10.0 Å². The summed E-state index contributed by atoms with van der Waals surface area (Å²) in [5, 5.41) is 6.74. The Balaban J connectivity index is 1.46. The van der Waals surface area contributed by atoms with Gasteiger partial charge >= 0.3 is 0 Å². The minimum Gasteiger partial charge on any atom is -0.366 e. The lowest BCUT2D eigenvalue weighted by atomic mass is 10.2. The number of nitrogens with one attached hydrogen (secondary N) is 2. The van der Waals surface area contributed by atoms with Crippen molar-refractivity contribution in [2.24, 2.45) is 0 Å². The smallest absolute Gasteiger partial charge is 0.258 e. The largest absolute Gasteiger partial charge is 0.366 e. The first-order chi connectivity index (χ1) is 17.6. The van der Waals surface area contributed by atoms with Crippen molar-refractivity contribution in [3.05, 3.63) is 86.9 Å². The van der Waals surface area contributed by atoms with Crippen molar-refractivity contribution >= 4 is 79.4 Å². The molecule has 1 aliphatic heterocycles. The van der Waals surface area contributed by atoms with Crippen LogP contribution in [0, 0.1) is 6.92 Å². The zero-order valence-corrected chi connectivity index (χ0v) is 23.6. The number of hydrogen-bond acceptors (Lipinski definition) is 5. The molecular formula is C25H23Cl3N4O3S2. The fraction of sp³-hybridized carbons (Fsp3) is 0.200. The molecule has 0 saturated carbocycles. The Bertz CT molecular complexity index is 1440. The second-order valence-corrected chi connectivity index (χ2v) is 12.0. The van der Waals surface area contributed by atoms with Gasteiger partial charge < -0.3 is 10.2 Å². The number of rotatable bonds is 5. The molecule has 1 amide bonds. The predicted molar refractivity (Wildman–Crippen MR) is 154 cm³/mol. The van der Waals surface area contributed by atoms with Gasteiger partial charge in [0.05, 0.1) is 31.9 Å². The first kappa shape index (κ1) is 27.6. The molecule has 1 aliphatic rings. The average Bonchev–Trinajstić information content (AvgIpc) is 2.86. The molecule has 2 N–H and O–H groups in total. The number of aryl methyl sites for hydroxylation is 1. The summed E-state index contributed by atoms with van der Waals surface area (Å²) in [5.41, 5.74) is 2.42. The summed E-state index contributed by atoms with van der Waals surface area (Å²) in [5.74, 6) is -0.511. The number of sulfonamides is 1. The molecule has 0 aliphatic carbocycles. The number of halogens is 3. The van der Waals surface area contributed by atoms with E-state index < -0.39 is 15.9 Å². The standard InChI is InChI=1S/C25H23Cl3N4O3S2/c1-16-5-8-18(9-6-16)37(34,35)32-13-11-31(12-14-32)23-21(28)3-2-4-22(23)29-25(36)30-24(33)19-15-17(26)7-10-20(19)27/h2-10,15H,11-14H2,1H3,(H2,29,30,33,36). The molecule has 4 rings (SSSR count). The Morgan fingerprint density at radius 2 is 1.59 bits per heavy atom. The molecule has 0 unspecified atom stereocenters. The van der Waals surface area contributed by atoms with Crippen LogP contribution in [0.2, 0.25) is 15.1 Å². The van der Waals surface area contributed by atoms with Crippen LogP contribution in [0.4, 0.5) is 11.4 Å². The highest BCUT2D eigenvalue weighted by Gasteiger charge is 2.30. The van der Waals surface area contributed by atoms with Crippen LogP contribution in [0.1, 0.15) is 15.9 Å². The van der Waals surface area contributed by atoms with E-state index in [0.717, 1.165) is 5.56 Å². The number of thiocarbonyl (C=S) groups is 1. The monoisotopic (exact) mass is 596 g/mol. The first-order valence-electron chi connectivity index (χ1n) is 11.2. The van der Waals surface area contributed by atoms with E-state index in [9.17, 15) is 13.2 Å². The second-order valence-electron chi connectivity index (χ2n) is 8.37. The van der Waals surface area contributed by atoms with Crippen molar-refractivity contribution in [2.45, 2.75) is 11.8 Å². The highest BCUT2D eigenvalue weighted by atomic mass is 35.5. The number of anilines is 2. The fourth-order valence-corrected chi connectivity index (χ4v) is 6.24. The summed E-state index contributed by atoms with van der Waals surface area (Å²) in [6, 6.07) is 16.7. The van der Waals surface area contributed by atoms with Crippen molar-refractivity contribution in [3.63, 3.8) is 0 Å². The molecule has 0 atom stereocenters. The van der Waals surface area contributed by atoms with E-state index in [4.69, 9.17) is 47.0 Å². The van der Waals surface area contributed by atoms with E-state index >= 15 is 0 Å². The maximum atomic E-state index is 13.1. The van der Waals surface area contributed by atoms with Crippen LogP contribution in [0.25, 0.3) is 0 Å². The third kappa shape index (κ3) is 6.37. The minimum atomic E-state index is -3.60. The minimum absolute atomic E-state index is 0.0464. The van der Waals surface area contributed by atoms with Crippen LogP contribution >= 0.6 is 47.0 Å². The Morgan fingerprint density at radius 1 is 0.919 bits per heavy atom. The molecule has 0 spiro atoms. The Hall–Kier alpha value is -2.40. The number of para-hydroxylation sites is 1. The Morgan fingerprint density at radius 3 is 2.27 bits per heavy atom. The third-order valence-corrected chi connectivity index (χ3v) is 8.84. The number of amides is 1. The van der Waals surface area contributed by atoms with Gasteiger partial charge in [-0.25, -0.2) is 8.42 Å². The van der Waals surface area contributed by atoms with Crippen molar-refractivity contribution in [3.8, 4) is 0 Å². The molecule has 7 nitrogen and oxygen atoms in total. The Labute approximate surface area is 236 Å². The van der Waals surface area contributed by atoms with E-state index in [1.54, 1.807) is 48.5 Å². The van der Waals surface area contributed by atoms with Gasteiger partial charge in [0.1, 0.15) is 0 Å². The SMILES string of the molecule is Cc1ccc(S(=O)(=O)N2CCN(c3c(Cl)cccc3NC(=S)NC(=O)c3cc(Cl)ccc3Cl)CC2)cc1. The molecule has 37 heavy (non-hydrogen) atoms. The van der Waals surface area contributed by atoms with Crippen molar-refractivity contribution in [1.29, 1.82) is 0 Å². The van der Waals surface area contributed by atoms with E-state index in [2.05, 4.69) is 10.6 Å². The van der Waals surface area contributed by atoms with E-state index in [1.807, 2.05) is 11.8 Å². The van der Waals surface area contributed by atoms with Gasteiger partial charge in [-0.3, -0.25) is 10.1 Å². The molecule has 194 valence electrons. The van der Waals surface area contributed by atoms with Crippen LogP contribution in [0.5, 0.6) is 0 Å². The number of piperazine rings is 1. The van der Waals surface area contributed by atoms with Crippen molar-refractivity contribution in [2.75, 3.05) is 36.4 Å². The van der Waals surface area contributed by atoms with Gasteiger partial charge in [0, 0.05) is 31.2 Å². The summed E-state index contributed by atoms with van der Waals surface area (Å²) >= 11 is 24.0. The second kappa shape index (κ2) is 11.6. The zero-order valence-electron chi connectivity index (χ0n) is 19.7. The molecule has 0 bridgehead atoms. The van der Waals surface area contributed by atoms with Crippen LogP contribution in [-0.2, 0) is 10.0 Å². The number of carbonyl (C=O) groups is 1. The zero-order chi connectivity index (χ0) is 26.7. The molecule has 3 aromatic rings. The maximum Gasteiger partial charge on any atom is 0.258 e. The van der Waals surface area contributed by atoms with Crippen molar-refractivity contribution in [1.82, 2.24) is 9.62 Å². The lowest BCUT2D eigenvalue weighted by molar-refractivity contribution is 0.0978. The van der Waals surface area contributed by atoms with Gasteiger partial charge in [-0.2, -0.15) is 4.31 Å². The van der Waals surface area contributed by atoms with Crippen LogP contribution in [0.15, 0.2) is 65.6 Å². The Kier molecular flexibility index (Phi) is 8.63. The summed E-state index contributed by atoms with van der Waals surface area (Å²) < 4.78 is 27.6. The first-order valence-corrected chi connectivity index (χ1v) is 14.2. The number of hydrogen-bond donors (Lipinski definition) is 2. The molecule has 0 radical (unpaired) electrons. The highest BCUT2D eigenvalue weighted by molar-refractivity contribution is 7.89. The number of carbonyl (C=O) groups excluding carboxylic acids is 1. The van der Waals surface area contributed by atoms with E-state index in [1.165, 1.54) is 16.4 Å². The molecule has 0 aromatic heterocycles. The van der Waals surface area contributed by atoms with E-state index in [-0.39, 0.29) is 33.7 Å². The summed E-state index contributed by atoms with van der Waals surface area (Å²) in [6.45, 7) is 3.32. The summed E-state index contributed by atoms with van der Waals surface area (Å²) in [7, 11) is -3.60. The number of benzene rings is 3. The van der Waals surface area contributed by atoms with Crippen molar-refractivity contribution < 1.29 is 13.2 Å². The number of nitrogens with zero attached hydrogens (tertiary/aromatic N) is 2. The fourth-order valence-electron chi connectivity index (χ4n) is 3.94. The van der Waals surface area contributed by atoms with Gasteiger partial charge in [-0.05, 0) is 61.6 Å². The molecule has 1 fully saturated rings. The molecular weight excluding hydrogens is 575 g/mol. The van der Waals surface area contributed by atoms with Gasteiger partial charge in [0.25, 0.3) is 5.91 Å². The van der Waals surface area contributed by atoms with Crippen LogP contribution < -0.4 is 15.5 Å². The van der Waals surface area contributed by atoms with Crippen LogP contribution in [0.3, 0.4) is 0 Å². The summed E-state index contributed by atoms with van der Waals surface area (Å²) in [6.07, 6.45) is 0. The predicted octanol–water partition coefficient (Wildman–Crippen LogP) is 5.59. The molecule has 1 heterocycles. The lowest BCUT2D eigenvalue weighted by Gasteiger charge is -2.36. The topological polar surface area (TPSA) is 81.8 Å². The average molecular weight is 598 g/mol. The lowest BCUT2D eigenvalue weighted by Crippen LogP contribution is -2.49. The van der Waals surface area contributed by atoms with Gasteiger partial charge in [-0.1, -0.05) is 58.6 Å². The highest BCUT2D eigenvalue weighted by Crippen LogP contribution is 2.35. The van der Waals surface area contributed by atoms with Crippen LogP contribution in [-0.4, -0.2) is 49.9 Å². The summed E-state index contributed by atoms with van der Waals surface area (Å²) in [4.78, 5) is 14.9. The van der Waals surface area contributed by atoms with E-state index in [0.29, 0.717) is 34.5 Å².